The molecule has 0 spiro atoms. The number of carbonyl (C=O) groups is 2. The van der Waals surface area contributed by atoms with Crippen LogP contribution in [0.5, 0.6) is 11.5 Å². The summed E-state index contributed by atoms with van der Waals surface area (Å²) in [6, 6.07) is 18.5. The van der Waals surface area contributed by atoms with E-state index in [4.69, 9.17) is 21.1 Å². The number of nitrogens with zero attached hydrogens (tertiary/aromatic N) is 2. The minimum absolute atomic E-state index is 0.0149. The van der Waals surface area contributed by atoms with Crippen LogP contribution in [0.3, 0.4) is 0 Å². The molecule has 3 aromatic rings. The van der Waals surface area contributed by atoms with Gasteiger partial charge in [0.1, 0.15) is 6.61 Å². The van der Waals surface area contributed by atoms with Gasteiger partial charge in [0.15, 0.2) is 11.5 Å². The molecule has 0 radical (unpaired) electrons. The van der Waals surface area contributed by atoms with E-state index in [-0.39, 0.29) is 34.9 Å². The fourth-order valence-electron chi connectivity index (χ4n) is 3.57. The molecule has 1 aliphatic heterocycles. The summed E-state index contributed by atoms with van der Waals surface area (Å²) in [6.07, 6.45) is 1.62. The van der Waals surface area contributed by atoms with Crippen LogP contribution >= 0.6 is 23.4 Å². The van der Waals surface area contributed by atoms with E-state index in [0.29, 0.717) is 34.3 Å². The van der Waals surface area contributed by atoms with Gasteiger partial charge >= 0.3 is 0 Å². The van der Waals surface area contributed by atoms with Crippen molar-refractivity contribution in [2.24, 2.45) is 0 Å². The Morgan fingerprint density at radius 3 is 2.58 bits per heavy atom. The van der Waals surface area contributed by atoms with E-state index in [0.717, 1.165) is 17.3 Å². The molecule has 1 fully saturated rings. The number of halogens is 1. The lowest BCUT2D eigenvalue weighted by atomic mass is 10.1. The van der Waals surface area contributed by atoms with Gasteiger partial charge in [-0.3, -0.25) is 24.6 Å². The van der Waals surface area contributed by atoms with Gasteiger partial charge < -0.3 is 9.47 Å². The van der Waals surface area contributed by atoms with Gasteiger partial charge in [-0.15, -0.1) is 0 Å². The second-order valence-electron chi connectivity index (χ2n) is 7.71. The number of para-hydroxylation sites is 1. The number of amides is 2. The summed E-state index contributed by atoms with van der Waals surface area (Å²) in [5, 5.41) is 11.4. The number of carbonyl (C=O) groups excluding carboxylic acids is 2. The van der Waals surface area contributed by atoms with Gasteiger partial charge in [-0.2, -0.15) is 0 Å². The first-order chi connectivity index (χ1) is 17.4. The molecule has 36 heavy (non-hydrogen) atoms. The van der Waals surface area contributed by atoms with Crippen molar-refractivity contribution >= 4 is 46.3 Å². The topological polar surface area (TPSA) is 99.0 Å². The maximum absolute atomic E-state index is 12.9. The minimum atomic E-state index is -0.454. The molecule has 184 valence electrons. The van der Waals surface area contributed by atoms with E-state index in [2.05, 4.69) is 0 Å². The zero-order chi connectivity index (χ0) is 25.7. The van der Waals surface area contributed by atoms with Crippen LogP contribution < -0.4 is 9.47 Å². The number of thioether (sulfide) groups is 1. The van der Waals surface area contributed by atoms with Crippen LogP contribution in [-0.4, -0.2) is 27.6 Å². The Morgan fingerprint density at radius 2 is 1.83 bits per heavy atom. The van der Waals surface area contributed by atoms with Crippen LogP contribution in [0.2, 0.25) is 5.02 Å². The zero-order valence-corrected chi connectivity index (χ0v) is 20.8. The molecule has 2 amide bonds. The average Bonchev–Trinajstić information content (AvgIpc) is 3.11. The number of imide groups is 1. The molecule has 0 aliphatic carbocycles. The summed E-state index contributed by atoms with van der Waals surface area (Å²) in [6.45, 7) is 2.30. The molecule has 1 aliphatic rings. The van der Waals surface area contributed by atoms with Crippen LogP contribution in [0.1, 0.15) is 23.6 Å². The summed E-state index contributed by atoms with van der Waals surface area (Å²) in [4.78, 5) is 37.7. The maximum Gasteiger partial charge on any atom is 0.293 e. The molecule has 0 unspecified atom stereocenters. The molecule has 0 bridgehead atoms. The second kappa shape index (κ2) is 11.3. The van der Waals surface area contributed by atoms with Gasteiger partial charge in [0.05, 0.1) is 28.5 Å². The Labute approximate surface area is 216 Å². The molecule has 3 aromatic carbocycles. The highest BCUT2D eigenvalue weighted by molar-refractivity contribution is 8.18. The number of hydrogen-bond donors (Lipinski definition) is 0. The average molecular weight is 525 g/mol. The van der Waals surface area contributed by atoms with Crippen molar-refractivity contribution < 1.29 is 24.0 Å². The Bertz CT molecular complexity index is 1360. The third-order valence-electron chi connectivity index (χ3n) is 5.24. The van der Waals surface area contributed by atoms with Gasteiger partial charge in [-0.1, -0.05) is 41.9 Å². The molecule has 1 heterocycles. The van der Waals surface area contributed by atoms with Crippen molar-refractivity contribution in [2.75, 3.05) is 6.61 Å². The summed E-state index contributed by atoms with van der Waals surface area (Å²) in [5.74, 6) is 0.434. The Hall–Kier alpha value is -3.82. The third-order valence-corrected chi connectivity index (χ3v) is 6.38. The number of hydrogen-bond acceptors (Lipinski definition) is 7. The van der Waals surface area contributed by atoms with Crippen LogP contribution in [0.15, 0.2) is 71.6 Å². The molecule has 0 aromatic heterocycles. The zero-order valence-electron chi connectivity index (χ0n) is 19.2. The number of nitro benzene ring substituents is 1. The van der Waals surface area contributed by atoms with Crippen molar-refractivity contribution in [3.63, 3.8) is 0 Å². The van der Waals surface area contributed by atoms with Crippen molar-refractivity contribution in [3.05, 3.63) is 103 Å². The quantitative estimate of drug-likeness (QED) is 0.180. The molecular formula is C26H21ClN2O6S. The van der Waals surface area contributed by atoms with E-state index in [1.54, 1.807) is 66.7 Å². The monoisotopic (exact) mass is 524 g/mol. The van der Waals surface area contributed by atoms with E-state index in [1.807, 2.05) is 6.92 Å². The summed E-state index contributed by atoms with van der Waals surface area (Å²) < 4.78 is 11.5. The van der Waals surface area contributed by atoms with E-state index >= 15 is 0 Å². The van der Waals surface area contributed by atoms with Gasteiger partial charge in [0.2, 0.25) is 0 Å². The van der Waals surface area contributed by atoms with Crippen molar-refractivity contribution in [3.8, 4) is 11.5 Å². The SMILES string of the molecule is CCOc1cc(/C=C2\SC(=O)N(Cc3cccc(Cl)c3)C2=O)ccc1OCc1ccccc1[N+](=O)[O-]. The molecule has 10 heteroatoms. The second-order valence-corrected chi connectivity index (χ2v) is 9.14. The fourth-order valence-corrected chi connectivity index (χ4v) is 4.63. The highest BCUT2D eigenvalue weighted by atomic mass is 35.5. The third kappa shape index (κ3) is 5.87. The molecule has 1 saturated heterocycles. The molecule has 8 nitrogen and oxygen atoms in total. The number of benzene rings is 3. The molecule has 0 atom stereocenters. The van der Waals surface area contributed by atoms with Crippen LogP contribution in [0.4, 0.5) is 10.5 Å². The normalized spacial score (nSPS) is 14.4. The number of nitro groups is 1. The lowest BCUT2D eigenvalue weighted by molar-refractivity contribution is -0.385. The maximum atomic E-state index is 12.9. The largest absolute Gasteiger partial charge is 0.490 e. The standard InChI is InChI=1S/C26H21ClN2O6S/c1-2-34-23-13-17(10-11-22(23)35-16-19-7-3-4-9-21(19)29(32)33)14-24-25(30)28(26(31)36-24)15-18-6-5-8-20(27)12-18/h3-14H,2,15-16H2,1H3/b24-14-. The van der Waals surface area contributed by atoms with Gasteiger partial charge in [-0.05, 0) is 66.2 Å². The van der Waals surface area contributed by atoms with Crippen LogP contribution in [0.25, 0.3) is 6.08 Å². The Balaban J connectivity index is 1.52. The highest BCUT2D eigenvalue weighted by Gasteiger charge is 2.35. The van der Waals surface area contributed by atoms with Crippen LogP contribution in [0, 0.1) is 10.1 Å². The lowest BCUT2D eigenvalue weighted by Crippen LogP contribution is -2.27. The predicted molar refractivity (Wildman–Crippen MR) is 138 cm³/mol. The number of rotatable bonds is 9. The molecular weight excluding hydrogens is 504 g/mol. The number of ether oxygens (including phenoxy) is 2. The van der Waals surface area contributed by atoms with Crippen molar-refractivity contribution in [1.82, 2.24) is 4.90 Å². The van der Waals surface area contributed by atoms with Crippen LogP contribution in [-0.2, 0) is 17.9 Å². The van der Waals surface area contributed by atoms with E-state index in [1.165, 1.54) is 11.0 Å². The van der Waals surface area contributed by atoms with Crippen molar-refractivity contribution in [1.29, 1.82) is 0 Å². The van der Waals surface area contributed by atoms with E-state index < -0.39 is 4.92 Å². The lowest BCUT2D eigenvalue weighted by Gasteiger charge is -2.13. The Morgan fingerprint density at radius 1 is 1.03 bits per heavy atom. The summed E-state index contributed by atoms with van der Waals surface area (Å²) in [5.41, 5.74) is 1.80. The van der Waals surface area contributed by atoms with Gasteiger partial charge in [0, 0.05) is 11.1 Å². The first-order valence-corrected chi connectivity index (χ1v) is 12.2. The Kier molecular flexibility index (Phi) is 7.92. The minimum Gasteiger partial charge on any atom is -0.490 e. The predicted octanol–water partition coefficient (Wildman–Crippen LogP) is 6.46. The fraction of sp³-hybridized carbons (Fsp3) is 0.154. The molecule has 0 saturated carbocycles. The first kappa shape index (κ1) is 25.3. The van der Waals surface area contributed by atoms with Gasteiger partial charge in [-0.25, -0.2) is 0 Å². The van der Waals surface area contributed by atoms with Gasteiger partial charge in [0.25, 0.3) is 16.8 Å². The summed E-state index contributed by atoms with van der Waals surface area (Å²) >= 11 is 6.88. The van der Waals surface area contributed by atoms with E-state index in [9.17, 15) is 19.7 Å². The first-order valence-electron chi connectivity index (χ1n) is 11.0. The smallest absolute Gasteiger partial charge is 0.293 e. The highest BCUT2D eigenvalue weighted by Crippen LogP contribution is 2.36. The van der Waals surface area contributed by atoms with Crippen molar-refractivity contribution in [2.45, 2.75) is 20.1 Å². The summed E-state index contributed by atoms with van der Waals surface area (Å²) in [7, 11) is 0. The molecule has 4 rings (SSSR count). The molecule has 0 N–H and O–H groups in total.